The highest BCUT2D eigenvalue weighted by atomic mass is 16.6. The van der Waals surface area contributed by atoms with Gasteiger partial charge in [0.15, 0.2) is 0 Å². The van der Waals surface area contributed by atoms with Crippen molar-refractivity contribution >= 4 is 17.7 Å². The molecule has 1 saturated heterocycles. The fourth-order valence-corrected chi connectivity index (χ4v) is 3.00. The zero-order valence-electron chi connectivity index (χ0n) is 14.6. The van der Waals surface area contributed by atoms with E-state index in [1.165, 1.54) is 4.90 Å². The predicted molar refractivity (Wildman–Crippen MR) is 97.6 cm³/mol. The van der Waals surface area contributed by atoms with Gasteiger partial charge in [0.05, 0.1) is 12.6 Å². The second kappa shape index (κ2) is 8.01. The van der Waals surface area contributed by atoms with E-state index in [0.717, 1.165) is 11.1 Å². The maximum Gasteiger partial charge on any atom is 0.410 e. The van der Waals surface area contributed by atoms with Gasteiger partial charge in [0.25, 0.3) is 0 Å². The van der Waals surface area contributed by atoms with Crippen LogP contribution < -0.4 is 5.32 Å². The van der Waals surface area contributed by atoms with Gasteiger partial charge in [0, 0.05) is 12.1 Å². The van der Waals surface area contributed by atoms with Crippen LogP contribution in [-0.2, 0) is 16.1 Å². The highest BCUT2D eigenvalue weighted by Gasteiger charge is 2.40. The Bertz CT molecular complexity index is 778. The fraction of sp³-hybridized carbons (Fsp3) is 0.300. The van der Waals surface area contributed by atoms with Crippen LogP contribution in [0, 0.1) is 6.92 Å². The molecule has 26 heavy (non-hydrogen) atoms. The highest BCUT2D eigenvalue weighted by Crippen LogP contribution is 2.22. The Morgan fingerprint density at radius 1 is 1.15 bits per heavy atom. The summed E-state index contributed by atoms with van der Waals surface area (Å²) in [7, 11) is 0. The molecule has 2 aromatic carbocycles. The van der Waals surface area contributed by atoms with Gasteiger partial charge in [-0.1, -0.05) is 48.5 Å². The molecule has 136 valence electrons. The van der Waals surface area contributed by atoms with Gasteiger partial charge in [-0.25, -0.2) is 4.79 Å². The SMILES string of the molecule is Cc1ccccc1NC(=O)[C@H]1C[C@@H](O)CN1C(=O)OCc1ccccc1. The summed E-state index contributed by atoms with van der Waals surface area (Å²) in [6.45, 7) is 2.10. The lowest BCUT2D eigenvalue weighted by Crippen LogP contribution is -2.43. The molecule has 0 bridgehead atoms. The summed E-state index contributed by atoms with van der Waals surface area (Å²) in [5, 5.41) is 12.8. The van der Waals surface area contributed by atoms with Crippen molar-refractivity contribution in [2.75, 3.05) is 11.9 Å². The van der Waals surface area contributed by atoms with E-state index in [1.807, 2.05) is 55.5 Å². The molecule has 1 heterocycles. The van der Waals surface area contributed by atoms with Crippen molar-refractivity contribution in [3.05, 3.63) is 65.7 Å². The molecule has 1 aliphatic rings. The summed E-state index contributed by atoms with van der Waals surface area (Å²) in [6.07, 6.45) is -1.15. The van der Waals surface area contributed by atoms with Crippen LogP contribution >= 0.6 is 0 Å². The van der Waals surface area contributed by atoms with E-state index < -0.39 is 18.2 Å². The number of nitrogens with zero attached hydrogens (tertiary/aromatic N) is 1. The lowest BCUT2D eigenvalue weighted by molar-refractivity contribution is -0.120. The largest absolute Gasteiger partial charge is 0.445 e. The fourth-order valence-electron chi connectivity index (χ4n) is 3.00. The third-order valence-corrected chi connectivity index (χ3v) is 4.42. The summed E-state index contributed by atoms with van der Waals surface area (Å²) in [5.74, 6) is -0.326. The molecule has 1 aliphatic heterocycles. The molecule has 0 saturated carbocycles. The topological polar surface area (TPSA) is 78.9 Å². The molecule has 2 amide bonds. The van der Waals surface area contributed by atoms with Crippen LogP contribution in [0.3, 0.4) is 0 Å². The van der Waals surface area contributed by atoms with E-state index in [2.05, 4.69) is 5.32 Å². The standard InChI is InChI=1S/C20H22N2O4/c1-14-7-5-6-10-17(14)21-19(24)18-11-16(23)12-22(18)20(25)26-13-15-8-3-2-4-9-15/h2-10,16,18,23H,11-13H2,1H3,(H,21,24)/t16-,18-/m1/s1. The molecular formula is C20H22N2O4. The summed E-state index contributed by atoms with van der Waals surface area (Å²) >= 11 is 0. The molecule has 0 unspecified atom stereocenters. The van der Waals surface area contributed by atoms with Crippen LogP contribution in [-0.4, -0.2) is 40.7 Å². The monoisotopic (exact) mass is 354 g/mol. The van der Waals surface area contributed by atoms with E-state index in [9.17, 15) is 14.7 Å². The maximum absolute atomic E-state index is 12.6. The number of aliphatic hydroxyl groups excluding tert-OH is 1. The number of carbonyl (C=O) groups is 2. The first-order valence-electron chi connectivity index (χ1n) is 8.56. The number of nitrogens with one attached hydrogen (secondary N) is 1. The van der Waals surface area contributed by atoms with E-state index >= 15 is 0 Å². The molecule has 2 N–H and O–H groups in total. The minimum absolute atomic E-state index is 0.0828. The summed E-state index contributed by atoms with van der Waals surface area (Å²) in [6, 6.07) is 16.0. The third kappa shape index (κ3) is 4.21. The van der Waals surface area contributed by atoms with E-state index in [-0.39, 0.29) is 25.5 Å². The van der Waals surface area contributed by atoms with Gasteiger partial charge in [0.1, 0.15) is 12.6 Å². The van der Waals surface area contributed by atoms with Gasteiger partial charge in [-0.3, -0.25) is 9.69 Å². The second-order valence-electron chi connectivity index (χ2n) is 6.40. The van der Waals surface area contributed by atoms with Gasteiger partial charge >= 0.3 is 6.09 Å². The number of ether oxygens (including phenoxy) is 1. The van der Waals surface area contributed by atoms with Crippen molar-refractivity contribution < 1.29 is 19.4 Å². The lowest BCUT2D eigenvalue weighted by Gasteiger charge is -2.23. The van der Waals surface area contributed by atoms with Crippen LogP contribution in [0.1, 0.15) is 17.5 Å². The number of rotatable bonds is 4. The molecule has 2 atom stereocenters. The molecule has 6 nitrogen and oxygen atoms in total. The zero-order valence-corrected chi connectivity index (χ0v) is 14.6. The first-order chi connectivity index (χ1) is 12.5. The van der Waals surface area contributed by atoms with Crippen LogP contribution in [0.15, 0.2) is 54.6 Å². The number of amides is 2. The zero-order chi connectivity index (χ0) is 18.5. The van der Waals surface area contributed by atoms with Crippen LogP contribution in [0.5, 0.6) is 0 Å². The van der Waals surface area contributed by atoms with Crippen LogP contribution in [0.2, 0.25) is 0 Å². The molecule has 3 rings (SSSR count). The normalized spacial score (nSPS) is 19.2. The number of β-amino-alcohol motifs (C(OH)–C–C–N with tert-alkyl or cyclic N) is 1. The number of likely N-dealkylation sites (tertiary alicyclic amines) is 1. The van der Waals surface area contributed by atoms with Crippen molar-refractivity contribution in [3.8, 4) is 0 Å². The molecular weight excluding hydrogens is 332 g/mol. The van der Waals surface area contributed by atoms with E-state index in [0.29, 0.717) is 5.69 Å². The van der Waals surface area contributed by atoms with Crippen LogP contribution in [0.25, 0.3) is 0 Å². The molecule has 0 radical (unpaired) electrons. The molecule has 0 aromatic heterocycles. The second-order valence-corrected chi connectivity index (χ2v) is 6.40. The van der Waals surface area contributed by atoms with E-state index in [4.69, 9.17) is 4.74 Å². The summed E-state index contributed by atoms with van der Waals surface area (Å²) in [5.41, 5.74) is 2.48. The quantitative estimate of drug-likeness (QED) is 0.885. The minimum atomic E-state index is -0.757. The minimum Gasteiger partial charge on any atom is -0.445 e. The first-order valence-corrected chi connectivity index (χ1v) is 8.56. The Labute approximate surface area is 152 Å². The van der Waals surface area contributed by atoms with Gasteiger partial charge in [-0.05, 0) is 24.1 Å². The average molecular weight is 354 g/mol. The van der Waals surface area contributed by atoms with Crippen molar-refractivity contribution in [1.82, 2.24) is 4.90 Å². The maximum atomic E-state index is 12.6. The van der Waals surface area contributed by atoms with Gasteiger partial charge in [-0.2, -0.15) is 0 Å². The number of benzene rings is 2. The Hall–Kier alpha value is -2.86. The van der Waals surface area contributed by atoms with Crippen molar-refractivity contribution in [2.45, 2.75) is 32.1 Å². The summed E-state index contributed by atoms with van der Waals surface area (Å²) < 4.78 is 5.31. The number of anilines is 1. The van der Waals surface area contributed by atoms with Crippen molar-refractivity contribution in [3.63, 3.8) is 0 Å². The van der Waals surface area contributed by atoms with Gasteiger partial charge in [-0.15, -0.1) is 0 Å². The van der Waals surface area contributed by atoms with Crippen molar-refractivity contribution in [2.24, 2.45) is 0 Å². The molecule has 1 fully saturated rings. The summed E-state index contributed by atoms with van der Waals surface area (Å²) in [4.78, 5) is 26.3. The Balaban J connectivity index is 1.65. The van der Waals surface area contributed by atoms with E-state index in [1.54, 1.807) is 6.07 Å². The van der Waals surface area contributed by atoms with Gasteiger partial charge in [0.2, 0.25) is 5.91 Å². The lowest BCUT2D eigenvalue weighted by atomic mass is 10.1. The number of hydrogen-bond acceptors (Lipinski definition) is 4. The molecule has 2 aromatic rings. The molecule has 0 spiro atoms. The molecule has 0 aliphatic carbocycles. The number of hydrogen-bond donors (Lipinski definition) is 2. The first kappa shape index (κ1) is 17.9. The molecule has 6 heteroatoms. The number of aliphatic hydroxyl groups is 1. The average Bonchev–Trinajstić information content (AvgIpc) is 3.04. The number of para-hydroxylation sites is 1. The predicted octanol–water partition coefficient (Wildman–Crippen LogP) is 2.71. The number of carbonyl (C=O) groups excluding carboxylic acids is 2. The van der Waals surface area contributed by atoms with Crippen LogP contribution in [0.4, 0.5) is 10.5 Å². The highest BCUT2D eigenvalue weighted by molar-refractivity contribution is 5.97. The van der Waals surface area contributed by atoms with Crippen molar-refractivity contribution in [1.29, 1.82) is 0 Å². The Kier molecular flexibility index (Phi) is 5.53. The third-order valence-electron chi connectivity index (χ3n) is 4.42. The van der Waals surface area contributed by atoms with Gasteiger partial charge < -0.3 is 15.2 Å². The Morgan fingerprint density at radius 3 is 2.58 bits per heavy atom. The Morgan fingerprint density at radius 2 is 1.85 bits per heavy atom. The number of aryl methyl sites for hydroxylation is 1. The smallest absolute Gasteiger partial charge is 0.410 e.